The lowest BCUT2D eigenvalue weighted by Gasteiger charge is -2.28. The van der Waals surface area contributed by atoms with Gasteiger partial charge in [-0.1, -0.05) is 6.92 Å². The molecule has 0 aromatic carbocycles. The minimum Gasteiger partial charge on any atom is -0.381 e. The number of halogens is 1. The highest BCUT2D eigenvalue weighted by atomic mass is 127. The average molecular weight is 355 g/mol. The van der Waals surface area contributed by atoms with Crippen LogP contribution < -0.4 is 11.1 Å². The van der Waals surface area contributed by atoms with Crippen molar-refractivity contribution in [2.75, 3.05) is 19.8 Å². The highest BCUT2D eigenvalue weighted by molar-refractivity contribution is 14.0. The van der Waals surface area contributed by atoms with Crippen LogP contribution in [0.4, 0.5) is 0 Å². The maximum absolute atomic E-state index is 5.83. The smallest absolute Gasteiger partial charge is 0.188 e. The van der Waals surface area contributed by atoms with E-state index in [4.69, 9.17) is 10.5 Å². The highest BCUT2D eigenvalue weighted by Gasteiger charge is 2.21. The summed E-state index contributed by atoms with van der Waals surface area (Å²) in [5, 5.41) is 3.17. The summed E-state index contributed by atoms with van der Waals surface area (Å²) in [6.07, 6.45) is 1.09. The Hall–Kier alpha value is -0.0400. The molecule has 2 atom stereocenters. The van der Waals surface area contributed by atoms with Crippen LogP contribution in [0.3, 0.4) is 0 Å². The molecule has 2 unspecified atom stereocenters. The molecule has 102 valence electrons. The molecule has 1 aliphatic heterocycles. The molecule has 1 heterocycles. The molecule has 0 bridgehead atoms. The summed E-state index contributed by atoms with van der Waals surface area (Å²) in [5.41, 5.74) is 5.81. The number of nitrogens with one attached hydrogen (secondary N) is 1. The van der Waals surface area contributed by atoms with Crippen LogP contribution in [0.5, 0.6) is 0 Å². The van der Waals surface area contributed by atoms with Gasteiger partial charge in [0, 0.05) is 25.3 Å². The first-order valence-corrected chi connectivity index (χ1v) is 6.04. The fourth-order valence-electron chi connectivity index (χ4n) is 1.84. The minimum atomic E-state index is -0.0190. The van der Waals surface area contributed by atoms with E-state index < -0.39 is 0 Å². The molecule has 0 amide bonds. The first-order chi connectivity index (χ1) is 7.38. The summed E-state index contributed by atoms with van der Waals surface area (Å²) in [7, 11) is 0. The third-order valence-corrected chi connectivity index (χ3v) is 2.82. The molecular weight excluding hydrogens is 329 g/mol. The average Bonchev–Trinajstić information content (AvgIpc) is 2.14. The maximum Gasteiger partial charge on any atom is 0.188 e. The van der Waals surface area contributed by atoms with Crippen LogP contribution in [-0.2, 0) is 4.74 Å². The van der Waals surface area contributed by atoms with Gasteiger partial charge in [-0.2, -0.15) is 0 Å². The van der Waals surface area contributed by atoms with Gasteiger partial charge in [-0.3, -0.25) is 4.99 Å². The van der Waals surface area contributed by atoms with Gasteiger partial charge in [0.15, 0.2) is 5.96 Å². The minimum absolute atomic E-state index is 0. The number of nitrogens with zero attached hydrogens (tertiary/aromatic N) is 1. The van der Waals surface area contributed by atoms with E-state index in [-0.39, 0.29) is 29.5 Å². The molecule has 0 radical (unpaired) electrons. The van der Waals surface area contributed by atoms with E-state index in [9.17, 15) is 0 Å². The quantitative estimate of drug-likeness (QED) is 0.452. The number of hydrogen-bond donors (Lipinski definition) is 2. The molecule has 1 rings (SSSR count). The summed E-state index contributed by atoms with van der Waals surface area (Å²) in [4.78, 5) is 4.41. The molecule has 1 fully saturated rings. The van der Waals surface area contributed by atoms with Crippen molar-refractivity contribution in [1.29, 1.82) is 0 Å². The zero-order chi connectivity index (χ0) is 12.2. The number of rotatable bonds is 2. The summed E-state index contributed by atoms with van der Waals surface area (Å²) in [6.45, 7) is 11.0. The standard InChI is InChI=1S/C12H25N3O.HI/c1-9-8-16-6-5-10(9)7-14-11(13)15-12(2,3)4;/h9-10H,5-8H2,1-4H3,(H3,13,14,15);1H. The van der Waals surface area contributed by atoms with Crippen molar-refractivity contribution in [3.63, 3.8) is 0 Å². The van der Waals surface area contributed by atoms with Crippen LogP contribution in [-0.4, -0.2) is 31.3 Å². The highest BCUT2D eigenvalue weighted by Crippen LogP contribution is 2.21. The lowest BCUT2D eigenvalue weighted by molar-refractivity contribution is 0.0273. The predicted molar refractivity (Wildman–Crippen MR) is 82.9 cm³/mol. The van der Waals surface area contributed by atoms with Crippen LogP contribution in [0.2, 0.25) is 0 Å². The van der Waals surface area contributed by atoms with Gasteiger partial charge in [0.05, 0.1) is 0 Å². The van der Waals surface area contributed by atoms with Crippen molar-refractivity contribution < 1.29 is 4.74 Å². The first kappa shape index (κ1) is 17.0. The van der Waals surface area contributed by atoms with E-state index in [1.54, 1.807) is 0 Å². The zero-order valence-corrected chi connectivity index (χ0v) is 13.7. The van der Waals surface area contributed by atoms with Crippen molar-refractivity contribution in [3.8, 4) is 0 Å². The van der Waals surface area contributed by atoms with E-state index in [0.717, 1.165) is 26.2 Å². The van der Waals surface area contributed by atoms with E-state index in [1.165, 1.54) is 0 Å². The van der Waals surface area contributed by atoms with E-state index in [1.807, 2.05) is 0 Å². The van der Waals surface area contributed by atoms with Crippen LogP contribution in [0.25, 0.3) is 0 Å². The van der Waals surface area contributed by atoms with Gasteiger partial charge in [0.2, 0.25) is 0 Å². The SMILES string of the molecule is CC1COCCC1CN=C(N)NC(C)(C)C.I. The third-order valence-electron chi connectivity index (χ3n) is 2.82. The van der Waals surface area contributed by atoms with Gasteiger partial charge in [0.25, 0.3) is 0 Å². The molecule has 17 heavy (non-hydrogen) atoms. The number of nitrogens with two attached hydrogens (primary N) is 1. The fourth-order valence-corrected chi connectivity index (χ4v) is 1.84. The lowest BCUT2D eigenvalue weighted by atomic mass is 9.90. The zero-order valence-electron chi connectivity index (χ0n) is 11.3. The Bertz CT molecular complexity index is 251. The summed E-state index contributed by atoms with van der Waals surface area (Å²) in [5.74, 6) is 1.74. The Kier molecular flexibility index (Phi) is 7.39. The Morgan fingerprint density at radius 1 is 1.47 bits per heavy atom. The van der Waals surface area contributed by atoms with Crippen LogP contribution in [0.1, 0.15) is 34.1 Å². The van der Waals surface area contributed by atoms with Crippen LogP contribution in [0, 0.1) is 11.8 Å². The third kappa shape index (κ3) is 7.08. The molecule has 5 heteroatoms. The Morgan fingerprint density at radius 2 is 2.12 bits per heavy atom. The molecule has 0 saturated carbocycles. The van der Waals surface area contributed by atoms with Crippen molar-refractivity contribution in [2.45, 2.75) is 39.7 Å². The monoisotopic (exact) mass is 355 g/mol. The van der Waals surface area contributed by atoms with Crippen LogP contribution in [0.15, 0.2) is 4.99 Å². The first-order valence-electron chi connectivity index (χ1n) is 6.04. The second kappa shape index (κ2) is 7.41. The van der Waals surface area contributed by atoms with Gasteiger partial charge in [0.1, 0.15) is 0 Å². The molecule has 1 aliphatic rings. The second-order valence-corrected chi connectivity index (χ2v) is 5.70. The maximum atomic E-state index is 5.83. The Morgan fingerprint density at radius 3 is 2.65 bits per heavy atom. The molecular formula is C12H26IN3O. The van der Waals surface area contributed by atoms with E-state index in [0.29, 0.717) is 17.8 Å². The molecule has 3 N–H and O–H groups in total. The predicted octanol–water partition coefficient (Wildman–Crippen LogP) is 1.98. The van der Waals surface area contributed by atoms with Crippen LogP contribution >= 0.6 is 24.0 Å². The number of aliphatic imine (C=N–C) groups is 1. The lowest BCUT2D eigenvalue weighted by Crippen LogP contribution is -2.45. The van der Waals surface area contributed by atoms with Gasteiger partial charge in [-0.25, -0.2) is 0 Å². The Labute approximate surface area is 122 Å². The Balaban J connectivity index is 0.00000256. The van der Waals surface area contributed by atoms with Crippen molar-refractivity contribution in [3.05, 3.63) is 0 Å². The molecule has 1 saturated heterocycles. The fraction of sp³-hybridized carbons (Fsp3) is 0.917. The van der Waals surface area contributed by atoms with Crippen molar-refractivity contribution in [1.82, 2.24) is 5.32 Å². The normalized spacial score (nSPS) is 26.2. The molecule has 0 spiro atoms. The largest absolute Gasteiger partial charge is 0.381 e. The van der Waals surface area contributed by atoms with Crippen molar-refractivity contribution >= 4 is 29.9 Å². The summed E-state index contributed by atoms with van der Waals surface area (Å²) in [6, 6.07) is 0. The second-order valence-electron chi connectivity index (χ2n) is 5.70. The molecule has 0 aliphatic carbocycles. The molecule has 0 aromatic heterocycles. The summed E-state index contributed by atoms with van der Waals surface area (Å²) >= 11 is 0. The molecule has 4 nitrogen and oxygen atoms in total. The van der Waals surface area contributed by atoms with Gasteiger partial charge >= 0.3 is 0 Å². The van der Waals surface area contributed by atoms with Gasteiger partial charge in [-0.15, -0.1) is 24.0 Å². The number of ether oxygens (including phenoxy) is 1. The van der Waals surface area contributed by atoms with Crippen molar-refractivity contribution in [2.24, 2.45) is 22.6 Å². The van der Waals surface area contributed by atoms with E-state index in [2.05, 4.69) is 38.0 Å². The topological polar surface area (TPSA) is 59.6 Å². The van der Waals surface area contributed by atoms with Gasteiger partial charge < -0.3 is 15.8 Å². The number of hydrogen-bond acceptors (Lipinski definition) is 2. The number of guanidine groups is 1. The summed E-state index contributed by atoms with van der Waals surface area (Å²) < 4.78 is 5.40. The molecule has 0 aromatic rings. The van der Waals surface area contributed by atoms with E-state index >= 15 is 0 Å². The van der Waals surface area contributed by atoms with Gasteiger partial charge in [-0.05, 0) is 39.0 Å².